The average Bonchev–Trinajstić information content (AvgIpc) is 2.75. The molecule has 0 aromatic heterocycles. The van der Waals surface area contributed by atoms with Crippen molar-refractivity contribution in [3.63, 3.8) is 0 Å². The molecule has 130 valence electrons. The summed E-state index contributed by atoms with van der Waals surface area (Å²) in [4.78, 5) is 14.8. The van der Waals surface area contributed by atoms with E-state index in [2.05, 4.69) is 12.1 Å². The summed E-state index contributed by atoms with van der Waals surface area (Å²) < 4.78 is 5.86. The molecule has 1 saturated heterocycles. The number of hydrogen-bond acceptors (Lipinski definition) is 2. The summed E-state index contributed by atoms with van der Waals surface area (Å²) >= 11 is 0. The molecule has 3 aromatic rings. The summed E-state index contributed by atoms with van der Waals surface area (Å²) in [6.07, 6.45) is -0.0579. The first kappa shape index (κ1) is 16.6. The van der Waals surface area contributed by atoms with Crippen molar-refractivity contribution in [2.75, 3.05) is 19.7 Å². The van der Waals surface area contributed by atoms with Gasteiger partial charge in [-0.1, -0.05) is 72.8 Å². The van der Waals surface area contributed by atoms with Crippen LogP contribution < -0.4 is 0 Å². The summed E-state index contributed by atoms with van der Waals surface area (Å²) in [5, 5.41) is 0. The Balaban J connectivity index is 1.48. The average molecular weight is 343 g/mol. The maximum Gasteiger partial charge on any atom is 0.254 e. The third-order valence-electron chi connectivity index (χ3n) is 4.76. The van der Waals surface area contributed by atoms with E-state index in [1.807, 2.05) is 77.7 Å². The van der Waals surface area contributed by atoms with Gasteiger partial charge in [0.15, 0.2) is 0 Å². The molecule has 4 rings (SSSR count). The minimum atomic E-state index is -0.0579. The van der Waals surface area contributed by atoms with Crippen LogP contribution in [-0.2, 0) is 4.74 Å². The molecule has 3 heteroatoms. The van der Waals surface area contributed by atoms with Crippen LogP contribution in [0.25, 0.3) is 11.1 Å². The quantitative estimate of drug-likeness (QED) is 0.697. The molecule has 1 heterocycles. The lowest BCUT2D eigenvalue weighted by Gasteiger charge is -2.33. The van der Waals surface area contributed by atoms with E-state index in [1.165, 1.54) is 0 Å². The first-order valence-corrected chi connectivity index (χ1v) is 8.92. The van der Waals surface area contributed by atoms with Crippen molar-refractivity contribution in [2.45, 2.75) is 6.10 Å². The second-order valence-corrected chi connectivity index (χ2v) is 6.46. The molecule has 1 atom stereocenters. The van der Waals surface area contributed by atoms with Crippen LogP contribution in [0.2, 0.25) is 0 Å². The fourth-order valence-corrected chi connectivity index (χ4v) is 3.32. The maximum absolute atomic E-state index is 12.9. The van der Waals surface area contributed by atoms with Gasteiger partial charge >= 0.3 is 0 Å². The van der Waals surface area contributed by atoms with Crippen molar-refractivity contribution in [2.24, 2.45) is 0 Å². The number of ether oxygens (including phenoxy) is 1. The molecular weight excluding hydrogens is 322 g/mol. The molecule has 3 nitrogen and oxygen atoms in total. The van der Waals surface area contributed by atoms with Crippen molar-refractivity contribution >= 4 is 5.91 Å². The molecule has 1 aliphatic heterocycles. The van der Waals surface area contributed by atoms with Crippen molar-refractivity contribution in [3.8, 4) is 11.1 Å². The Morgan fingerprint density at radius 1 is 0.808 bits per heavy atom. The standard InChI is InChI=1S/C23H21NO2/c25-23(21-13-11-19(12-14-21)18-7-3-1-4-8-18)24-15-16-26-22(17-24)20-9-5-2-6-10-20/h1-14,22H,15-17H2/t22-/m0/s1. The second kappa shape index (κ2) is 7.54. The molecule has 0 radical (unpaired) electrons. The molecule has 26 heavy (non-hydrogen) atoms. The Bertz CT molecular complexity index is 860. The van der Waals surface area contributed by atoms with E-state index in [0.29, 0.717) is 19.7 Å². The van der Waals surface area contributed by atoms with Gasteiger partial charge in [0.25, 0.3) is 5.91 Å². The topological polar surface area (TPSA) is 29.5 Å². The maximum atomic E-state index is 12.9. The smallest absolute Gasteiger partial charge is 0.254 e. The van der Waals surface area contributed by atoms with Crippen molar-refractivity contribution < 1.29 is 9.53 Å². The highest BCUT2D eigenvalue weighted by atomic mass is 16.5. The molecule has 1 amide bonds. The van der Waals surface area contributed by atoms with Crippen LogP contribution in [0.5, 0.6) is 0 Å². The SMILES string of the molecule is O=C(c1ccc(-c2ccccc2)cc1)N1CCO[C@H](c2ccccc2)C1. The molecule has 0 spiro atoms. The van der Waals surface area contributed by atoms with Gasteiger partial charge in [0.2, 0.25) is 0 Å². The van der Waals surface area contributed by atoms with Gasteiger partial charge in [-0.3, -0.25) is 4.79 Å². The molecule has 3 aromatic carbocycles. The fraction of sp³-hybridized carbons (Fsp3) is 0.174. The van der Waals surface area contributed by atoms with Gasteiger partial charge in [0, 0.05) is 12.1 Å². The second-order valence-electron chi connectivity index (χ2n) is 6.46. The van der Waals surface area contributed by atoms with Gasteiger partial charge in [-0.15, -0.1) is 0 Å². The highest BCUT2D eigenvalue weighted by Gasteiger charge is 2.26. The van der Waals surface area contributed by atoms with Crippen LogP contribution in [0.4, 0.5) is 0 Å². The van der Waals surface area contributed by atoms with E-state index >= 15 is 0 Å². The predicted octanol–water partition coefficient (Wildman–Crippen LogP) is 4.57. The lowest BCUT2D eigenvalue weighted by atomic mass is 10.0. The molecule has 0 aliphatic carbocycles. The summed E-state index contributed by atoms with van der Waals surface area (Å²) in [6, 6.07) is 28.1. The normalized spacial score (nSPS) is 17.1. The number of morpholine rings is 1. The molecule has 0 saturated carbocycles. The molecule has 0 bridgehead atoms. The molecule has 0 N–H and O–H groups in total. The van der Waals surface area contributed by atoms with Crippen LogP contribution in [-0.4, -0.2) is 30.5 Å². The lowest BCUT2D eigenvalue weighted by molar-refractivity contribution is -0.0228. The van der Waals surface area contributed by atoms with Crippen LogP contribution in [0.3, 0.4) is 0 Å². The highest BCUT2D eigenvalue weighted by Crippen LogP contribution is 2.24. The Hall–Kier alpha value is -2.91. The lowest BCUT2D eigenvalue weighted by Crippen LogP contribution is -2.42. The first-order valence-electron chi connectivity index (χ1n) is 8.92. The fourth-order valence-electron chi connectivity index (χ4n) is 3.32. The summed E-state index contributed by atoms with van der Waals surface area (Å²) in [5.41, 5.74) is 4.11. The van der Waals surface area contributed by atoms with Crippen LogP contribution >= 0.6 is 0 Å². The van der Waals surface area contributed by atoms with Gasteiger partial charge < -0.3 is 9.64 Å². The molecular formula is C23H21NO2. The number of benzene rings is 3. The molecule has 0 unspecified atom stereocenters. The number of carbonyl (C=O) groups is 1. The summed E-state index contributed by atoms with van der Waals surface area (Å²) in [5.74, 6) is 0.0637. The Kier molecular flexibility index (Phi) is 4.80. The van der Waals surface area contributed by atoms with Crippen LogP contribution in [0, 0.1) is 0 Å². The van der Waals surface area contributed by atoms with Gasteiger partial charge in [0.05, 0.1) is 13.2 Å². The Morgan fingerprint density at radius 2 is 1.42 bits per heavy atom. The number of hydrogen-bond donors (Lipinski definition) is 0. The number of nitrogens with zero attached hydrogens (tertiary/aromatic N) is 1. The number of carbonyl (C=O) groups excluding carboxylic acids is 1. The summed E-state index contributed by atoms with van der Waals surface area (Å²) in [6.45, 7) is 1.78. The van der Waals surface area contributed by atoms with E-state index in [0.717, 1.165) is 22.3 Å². The van der Waals surface area contributed by atoms with Gasteiger partial charge in [0.1, 0.15) is 6.10 Å². The van der Waals surface area contributed by atoms with Crippen molar-refractivity contribution in [1.82, 2.24) is 4.90 Å². The molecule has 1 fully saturated rings. The Morgan fingerprint density at radius 3 is 2.12 bits per heavy atom. The van der Waals surface area contributed by atoms with Crippen molar-refractivity contribution in [1.29, 1.82) is 0 Å². The zero-order valence-electron chi connectivity index (χ0n) is 14.5. The van der Waals surface area contributed by atoms with Crippen LogP contribution in [0.15, 0.2) is 84.9 Å². The number of rotatable bonds is 3. The van der Waals surface area contributed by atoms with E-state index in [4.69, 9.17) is 4.74 Å². The zero-order chi connectivity index (χ0) is 17.8. The third-order valence-corrected chi connectivity index (χ3v) is 4.76. The van der Waals surface area contributed by atoms with E-state index in [1.54, 1.807) is 0 Å². The van der Waals surface area contributed by atoms with E-state index in [9.17, 15) is 4.79 Å². The van der Waals surface area contributed by atoms with Gasteiger partial charge in [-0.05, 0) is 28.8 Å². The zero-order valence-corrected chi connectivity index (χ0v) is 14.5. The monoisotopic (exact) mass is 343 g/mol. The summed E-state index contributed by atoms with van der Waals surface area (Å²) in [7, 11) is 0. The highest BCUT2D eigenvalue weighted by molar-refractivity contribution is 5.94. The predicted molar refractivity (Wildman–Crippen MR) is 103 cm³/mol. The minimum Gasteiger partial charge on any atom is -0.370 e. The van der Waals surface area contributed by atoms with E-state index < -0.39 is 0 Å². The molecule has 1 aliphatic rings. The largest absolute Gasteiger partial charge is 0.370 e. The van der Waals surface area contributed by atoms with Gasteiger partial charge in [-0.25, -0.2) is 0 Å². The van der Waals surface area contributed by atoms with E-state index in [-0.39, 0.29) is 12.0 Å². The third kappa shape index (κ3) is 3.53. The van der Waals surface area contributed by atoms with Gasteiger partial charge in [-0.2, -0.15) is 0 Å². The van der Waals surface area contributed by atoms with Crippen LogP contribution in [0.1, 0.15) is 22.0 Å². The first-order chi connectivity index (χ1) is 12.8. The Labute approximate surface area is 153 Å². The van der Waals surface area contributed by atoms with Crippen molar-refractivity contribution in [3.05, 3.63) is 96.1 Å². The minimum absolute atomic E-state index is 0.0579. The number of amides is 1.